The molecule has 0 spiro atoms. The fourth-order valence-corrected chi connectivity index (χ4v) is 2.32. The van der Waals surface area contributed by atoms with E-state index in [2.05, 4.69) is 9.38 Å². The second-order valence-electron chi connectivity index (χ2n) is 5.19. The Bertz CT molecular complexity index is 662. The lowest BCUT2D eigenvalue weighted by molar-refractivity contribution is 0.651. The lowest BCUT2D eigenvalue weighted by Gasteiger charge is -2.12. The van der Waals surface area contributed by atoms with E-state index in [0.717, 1.165) is 16.3 Å². The summed E-state index contributed by atoms with van der Waals surface area (Å²) in [6, 6.07) is 5.56. The lowest BCUT2D eigenvalue weighted by Crippen LogP contribution is -2.19. The highest BCUT2D eigenvalue weighted by atomic mass is 35.5. The fraction of sp³-hybridized carbons (Fsp3) is 0.286. The predicted molar refractivity (Wildman–Crippen MR) is 82.2 cm³/mol. The average molecular weight is 295 g/mol. The van der Waals surface area contributed by atoms with E-state index >= 15 is 0 Å². The largest absolute Gasteiger partial charge is 0.264 e. The Balaban J connectivity index is 2.46. The highest BCUT2D eigenvalue weighted by molar-refractivity contribution is 7.85. The maximum Gasteiger partial charge on any atom is 0.144 e. The van der Waals surface area contributed by atoms with E-state index in [9.17, 15) is 4.21 Å². The van der Waals surface area contributed by atoms with E-state index in [0.29, 0.717) is 5.02 Å². The number of benzene rings is 1. The molecule has 3 nitrogen and oxygen atoms in total. The number of hydrogen-bond acceptors (Lipinski definition) is 2. The van der Waals surface area contributed by atoms with Gasteiger partial charge in [0.15, 0.2) is 0 Å². The van der Waals surface area contributed by atoms with Gasteiger partial charge in [-0.1, -0.05) is 11.6 Å². The van der Waals surface area contributed by atoms with E-state index < -0.39 is 11.0 Å². The molecule has 0 aliphatic rings. The van der Waals surface area contributed by atoms with Crippen molar-refractivity contribution >= 4 is 39.6 Å². The Morgan fingerprint density at radius 1 is 1.37 bits per heavy atom. The summed E-state index contributed by atoms with van der Waals surface area (Å²) in [5.41, 5.74) is 0.827. The predicted octanol–water partition coefficient (Wildman–Crippen LogP) is 3.77. The zero-order chi connectivity index (χ0) is 14.0. The van der Waals surface area contributed by atoms with Crippen LogP contribution in [0.5, 0.6) is 0 Å². The maximum absolute atomic E-state index is 11.9. The first-order valence-corrected chi connectivity index (χ1v) is 7.36. The molecular weight excluding hydrogens is 280 g/mol. The van der Waals surface area contributed by atoms with Gasteiger partial charge < -0.3 is 0 Å². The molecule has 0 saturated heterocycles. The highest BCUT2D eigenvalue weighted by Gasteiger charge is 2.18. The van der Waals surface area contributed by atoms with E-state index in [1.807, 2.05) is 32.9 Å². The normalized spacial score (nSPS) is 14.1. The van der Waals surface area contributed by atoms with Gasteiger partial charge in [0.2, 0.25) is 0 Å². The molecule has 1 aromatic heterocycles. The Hall–Kier alpha value is -1.26. The molecule has 1 heterocycles. The molecule has 100 valence electrons. The number of halogens is 1. The van der Waals surface area contributed by atoms with Crippen LogP contribution in [-0.4, -0.2) is 20.2 Å². The summed E-state index contributed by atoms with van der Waals surface area (Å²) in [7, 11) is -1.28. The SMILES string of the molecule is CC(C)(C)[S@](=O)/N=C/c1cc(Cl)cc2ccncc12. The molecule has 0 amide bonds. The lowest BCUT2D eigenvalue weighted by atomic mass is 10.1. The van der Waals surface area contributed by atoms with Gasteiger partial charge in [0.25, 0.3) is 0 Å². The van der Waals surface area contributed by atoms with Crippen LogP contribution >= 0.6 is 11.6 Å². The van der Waals surface area contributed by atoms with Crippen molar-refractivity contribution in [3.05, 3.63) is 41.2 Å². The van der Waals surface area contributed by atoms with Gasteiger partial charge in [0.1, 0.15) is 11.0 Å². The molecule has 0 saturated carbocycles. The first-order chi connectivity index (χ1) is 8.88. The van der Waals surface area contributed by atoms with Gasteiger partial charge in [0.05, 0.1) is 4.75 Å². The second-order valence-corrected chi connectivity index (χ2v) is 7.56. The summed E-state index contributed by atoms with van der Waals surface area (Å²) in [4.78, 5) is 4.10. The van der Waals surface area contributed by atoms with E-state index in [-0.39, 0.29) is 4.75 Å². The van der Waals surface area contributed by atoms with Crippen LogP contribution in [0.25, 0.3) is 10.8 Å². The third-order valence-electron chi connectivity index (χ3n) is 2.56. The van der Waals surface area contributed by atoms with Crippen LogP contribution in [0.15, 0.2) is 35.0 Å². The summed E-state index contributed by atoms with van der Waals surface area (Å²) in [5, 5.41) is 2.56. The molecular formula is C14H15ClN2OS. The quantitative estimate of drug-likeness (QED) is 0.791. The van der Waals surface area contributed by atoms with Gasteiger partial charge in [-0.3, -0.25) is 4.98 Å². The number of hydrogen-bond donors (Lipinski definition) is 0. The molecule has 0 N–H and O–H groups in total. The summed E-state index contributed by atoms with van der Waals surface area (Å²) >= 11 is 6.07. The van der Waals surface area contributed by atoms with Crippen molar-refractivity contribution in [2.75, 3.05) is 0 Å². The maximum atomic E-state index is 11.9. The molecule has 0 radical (unpaired) electrons. The van der Waals surface area contributed by atoms with Crippen molar-refractivity contribution in [2.24, 2.45) is 4.40 Å². The van der Waals surface area contributed by atoms with Crippen molar-refractivity contribution in [1.29, 1.82) is 0 Å². The van der Waals surface area contributed by atoms with Gasteiger partial charge in [0, 0.05) is 34.6 Å². The zero-order valence-electron chi connectivity index (χ0n) is 11.1. The van der Waals surface area contributed by atoms with Crippen LogP contribution in [0.2, 0.25) is 5.02 Å². The van der Waals surface area contributed by atoms with Crippen molar-refractivity contribution < 1.29 is 4.21 Å². The minimum Gasteiger partial charge on any atom is -0.264 e. The van der Waals surface area contributed by atoms with Gasteiger partial charge in [-0.2, -0.15) is 4.40 Å². The van der Waals surface area contributed by atoms with Crippen molar-refractivity contribution in [3.8, 4) is 0 Å². The highest BCUT2D eigenvalue weighted by Crippen LogP contribution is 2.22. The van der Waals surface area contributed by atoms with Crippen LogP contribution in [0.4, 0.5) is 0 Å². The van der Waals surface area contributed by atoms with Crippen molar-refractivity contribution in [2.45, 2.75) is 25.5 Å². The summed E-state index contributed by atoms with van der Waals surface area (Å²) in [6.45, 7) is 5.66. The average Bonchev–Trinajstić information content (AvgIpc) is 2.34. The van der Waals surface area contributed by atoms with Gasteiger partial charge in [-0.25, -0.2) is 4.21 Å². The molecule has 19 heavy (non-hydrogen) atoms. The summed E-state index contributed by atoms with van der Waals surface area (Å²) in [5.74, 6) is 0. The third-order valence-corrected chi connectivity index (χ3v) is 4.13. The van der Waals surface area contributed by atoms with Crippen LogP contribution < -0.4 is 0 Å². The first-order valence-electron chi connectivity index (χ1n) is 5.87. The van der Waals surface area contributed by atoms with Crippen LogP contribution in [0, 0.1) is 0 Å². The standard InChI is InChI=1S/C14H15ClN2OS/c1-14(2,3)19(18)17-8-11-7-12(15)6-10-4-5-16-9-13(10)11/h4-9H,1-3H3/b17-8+/t19-/m0/s1. The zero-order valence-corrected chi connectivity index (χ0v) is 12.6. The van der Waals surface area contributed by atoms with E-state index in [1.54, 1.807) is 24.7 Å². The van der Waals surface area contributed by atoms with Crippen LogP contribution in [0.3, 0.4) is 0 Å². The Labute approximate surface area is 120 Å². The van der Waals surface area contributed by atoms with Crippen LogP contribution in [-0.2, 0) is 11.0 Å². The molecule has 0 bridgehead atoms. The number of aromatic nitrogens is 1. The monoisotopic (exact) mass is 294 g/mol. The Morgan fingerprint density at radius 3 is 2.79 bits per heavy atom. The molecule has 0 aliphatic heterocycles. The van der Waals surface area contributed by atoms with Gasteiger partial charge in [-0.15, -0.1) is 0 Å². The molecule has 5 heteroatoms. The second kappa shape index (κ2) is 5.39. The number of fused-ring (bicyclic) bond motifs is 1. The molecule has 2 aromatic rings. The number of rotatable bonds is 2. The molecule has 2 rings (SSSR count). The minimum absolute atomic E-state index is 0.372. The number of pyridine rings is 1. The van der Waals surface area contributed by atoms with Crippen LogP contribution in [0.1, 0.15) is 26.3 Å². The van der Waals surface area contributed by atoms with Crippen molar-refractivity contribution in [3.63, 3.8) is 0 Å². The smallest absolute Gasteiger partial charge is 0.144 e. The molecule has 1 atom stereocenters. The van der Waals surface area contributed by atoms with Gasteiger partial charge >= 0.3 is 0 Å². The molecule has 0 unspecified atom stereocenters. The third kappa shape index (κ3) is 3.39. The first kappa shape index (κ1) is 14.2. The minimum atomic E-state index is -1.28. The summed E-state index contributed by atoms with van der Waals surface area (Å²) in [6.07, 6.45) is 5.08. The topological polar surface area (TPSA) is 42.3 Å². The van der Waals surface area contributed by atoms with E-state index in [4.69, 9.17) is 11.6 Å². The molecule has 0 fully saturated rings. The molecule has 1 aromatic carbocycles. The fourth-order valence-electron chi connectivity index (χ4n) is 1.56. The van der Waals surface area contributed by atoms with Crippen molar-refractivity contribution in [1.82, 2.24) is 4.98 Å². The Kier molecular flexibility index (Phi) is 4.02. The molecule has 0 aliphatic carbocycles. The Morgan fingerprint density at radius 2 is 2.11 bits per heavy atom. The number of nitrogens with zero attached hydrogens (tertiary/aromatic N) is 2. The van der Waals surface area contributed by atoms with Gasteiger partial charge in [-0.05, 0) is 44.4 Å². The van der Waals surface area contributed by atoms with E-state index in [1.165, 1.54) is 0 Å². The summed E-state index contributed by atoms with van der Waals surface area (Å²) < 4.78 is 15.7.